The highest BCUT2D eigenvalue weighted by Gasteiger charge is 2.49. The van der Waals surface area contributed by atoms with Crippen molar-refractivity contribution >= 4 is 28.1 Å². The van der Waals surface area contributed by atoms with Gasteiger partial charge in [0.25, 0.3) is 0 Å². The van der Waals surface area contributed by atoms with Gasteiger partial charge in [-0.15, -0.1) is 0 Å². The number of amidine groups is 1. The van der Waals surface area contributed by atoms with Gasteiger partial charge in [-0.25, -0.2) is 0 Å². The van der Waals surface area contributed by atoms with Gasteiger partial charge in [-0.2, -0.15) is 5.26 Å². The molecule has 0 bridgehead atoms. The van der Waals surface area contributed by atoms with Gasteiger partial charge in [0.1, 0.15) is 11.9 Å². The van der Waals surface area contributed by atoms with Crippen molar-refractivity contribution in [1.29, 1.82) is 5.26 Å². The number of aromatic amines is 1. The number of nitrogens with one attached hydrogen (secondary N) is 3. The van der Waals surface area contributed by atoms with Crippen molar-refractivity contribution in [1.82, 2.24) is 9.97 Å². The van der Waals surface area contributed by atoms with E-state index in [2.05, 4.69) is 43.8 Å². The van der Waals surface area contributed by atoms with E-state index in [9.17, 15) is 5.26 Å². The number of fused-ring (bicyclic) bond motifs is 3. The van der Waals surface area contributed by atoms with Crippen molar-refractivity contribution in [3.63, 3.8) is 0 Å². The van der Waals surface area contributed by atoms with Gasteiger partial charge in [-0.05, 0) is 36.6 Å². The van der Waals surface area contributed by atoms with Crippen molar-refractivity contribution in [3.05, 3.63) is 41.7 Å². The van der Waals surface area contributed by atoms with E-state index in [1.165, 1.54) is 12.0 Å². The molecule has 1 fully saturated rings. The van der Waals surface area contributed by atoms with Gasteiger partial charge in [0.05, 0.1) is 28.4 Å². The summed E-state index contributed by atoms with van der Waals surface area (Å²) in [7, 11) is 3.78. The van der Waals surface area contributed by atoms with Crippen LogP contribution in [0, 0.1) is 11.3 Å². The number of benzene rings is 1. The Morgan fingerprint density at radius 1 is 1.33 bits per heavy atom. The number of nitrogens with zero attached hydrogens (tertiary/aromatic N) is 3. The average molecular weight is 356 g/mol. The molecule has 0 unspecified atom stereocenters. The van der Waals surface area contributed by atoms with Gasteiger partial charge < -0.3 is 15.6 Å². The number of aromatic nitrogens is 2. The Hall–Kier alpha value is -3.33. The van der Waals surface area contributed by atoms with Crippen molar-refractivity contribution in [3.8, 4) is 17.3 Å². The van der Waals surface area contributed by atoms with Crippen LogP contribution in [0.25, 0.3) is 22.2 Å². The minimum atomic E-state index is 0.0383. The SMILES string of the molecule is CN=C1Nc2cc(-c3[nH]c4cnccc4c3C#N)c(NC)cc2C12CCC2. The van der Waals surface area contributed by atoms with Crippen molar-refractivity contribution in [2.45, 2.75) is 24.7 Å². The molecule has 6 nitrogen and oxygen atoms in total. The molecular formula is C21H20N6. The summed E-state index contributed by atoms with van der Waals surface area (Å²) in [5.74, 6) is 1.06. The molecular weight excluding hydrogens is 336 g/mol. The van der Waals surface area contributed by atoms with Crippen molar-refractivity contribution in [2.75, 3.05) is 24.7 Å². The molecule has 6 heteroatoms. The van der Waals surface area contributed by atoms with E-state index in [0.717, 1.165) is 52.2 Å². The number of pyridine rings is 1. The van der Waals surface area contributed by atoms with Crippen LogP contribution in [0.5, 0.6) is 0 Å². The number of hydrogen-bond acceptors (Lipinski definition) is 4. The van der Waals surface area contributed by atoms with E-state index >= 15 is 0 Å². The lowest BCUT2D eigenvalue weighted by Gasteiger charge is -2.38. The highest BCUT2D eigenvalue weighted by molar-refractivity contribution is 6.12. The molecule has 1 aliphatic heterocycles. The highest BCUT2D eigenvalue weighted by atomic mass is 15.1. The van der Waals surface area contributed by atoms with Gasteiger partial charge in [-0.3, -0.25) is 9.98 Å². The molecule has 1 spiro atoms. The van der Waals surface area contributed by atoms with Crippen LogP contribution >= 0.6 is 0 Å². The molecule has 0 amide bonds. The number of rotatable bonds is 2. The van der Waals surface area contributed by atoms with Gasteiger partial charge in [0, 0.05) is 42.6 Å². The fraction of sp³-hybridized carbons (Fsp3) is 0.286. The largest absolute Gasteiger partial charge is 0.388 e. The molecule has 2 aromatic heterocycles. The second-order valence-corrected chi connectivity index (χ2v) is 7.23. The molecule has 1 aliphatic carbocycles. The monoisotopic (exact) mass is 356 g/mol. The number of nitriles is 1. The van der Waals surface area contributed by atoms with E-state index in [0.29, 0.717) is 5.56 Å². The molecule has 134 valence electrons. The average Bonchev–Trinajstić information content (AvgIpc) is 3.21. The van der Waals surface area contributed by atoms with Gasteiger partial charge in [-0.1, -0.05) is 6.42 Å². The van der Waals surface area contributed by atoms with E-state index in [-0.39, 0.29) is 5.41 Å². The molecule has 1 saturated carbocycles. The summed E-state index contributed by atoms with van der Waals surface area (Å²) in [5, 5.41) is 17.5. The number of hydrogen-bond donors (Lipinski definition) is 3. The molecule has 3 N–H and O–H groups in total. The van der Waals surface area contributed by atoms with Crippen LogP contribution in [0.15, 0.2) is 35.6 Å². The fourth-order valence-electron chi connectivity index (χ4n) is 4.56. The minimum absolute atomic E-state index is 0.0383. The first kappa shape index (κ1) is 15.9. The first-order valence-corrected chi connectivity index (χ1v) is 9.18. The third-order valence-corrected chi connectivity index (χ3v) is 6.06. The van der Waals surface area contributed by atoms with Crippen LogP contribution in [-0.4, -0.2) is 29.9 Å². The van der Waals surface area contributed by atoms with Crippen LogP contribution in [0.1, 0.15) is 30.4 Å². The Kier molecular flexibility index (Phi) is 3.28. The molecule has 0 atom stereocenters. The maximum Gasteiger partial charge on any atom is 0.111 e. The maximum absolute atomic E-state index is 9.79. The van der Waals surface area contributed by atoms with Gasteiger partial charge in [0.2, 0.25) is 0 Å². The zero-order valence-electron chi connectivity index (χ0n) is 15.3. The molecule has 27 heavy (non-hydrogen) atoms. The Labute approximate surface area is 157 Å². The quantitative estimate of drug-likeness (QED) is 0.647. The smallest absolute Gasteiger partial charge is 0.111 e. The van der Waals surface area contributed by atoms with Crippen LogP contribution in [0.2, 0.25) is 0 Å². The van der Waals surface area contributed by atoms with Crippen LogP contribution in [-0.2, 0) is 5.41 Å². The number of aliphatic imine (C=N–C) groups is 1. The lowest BCUT2D eigenvalue weighted by molar-refractivity contribution is 0.347. The summed E-state index contributed by atoms with van der Waals surface area (Å²) in [6, 6.07) is 8.60. The van der Waals surface area contributed by atoms with E-state index in [4.69, 9.17) is 0 Å². The fourth-order valence-corrected chi connectivity index (χ4v) is 4.56. The standard InChI is InChI=1S/C21H20N6/c1-23-16-9-15-17(27-20(24-2)21(15)5-3-6-21)8-13(16)19-14(10-22)12-4-7-25-11-18(12)26-19/h4,7-9,11,23,26H,3,5-6H2,1-2H3,(H,24,27). The molecule has 3 aromatic rings. The maximum atomic E-state index is 9.79. The third-order valence-electron chi connectivity index (χ3n) is 6.06. The van der Waals surface area contributed by atoms with Crippen LogP contribution in [0.4, 0.5) is 11.4 Å². The lowest BCUT2D eigenvalue weighted by Crippen LogP contribution is -2.41. The first-order valence-electron chi connectivity index (χ1n) is 9.18. The molecule has 5 rings (SSSR count). The Bertz CT molecular complexity index is 1140. The highest BCUT2D eigenvalue weighted by Crippen LogP contribution is 2.53. The summed E-state index contributed by atoms with van der Waals surface area (Å²) < 4.78 is 0. The predicted molar refractivity (Wildman–Crippen MR) is 108 cm³/mol. The summed E-state index contributed by atoms with van der Waals surface area (Å²) in [4.78, 5) is 12.1. The van der Waals surface area contributed by atoms with Gasteiger partial charge in [0.15, 0.2) is 0 Å². The van der Waals surface area contributed by atoms with Crippen molar-refractivity contribution < 1.29 is 0 Å². The molecule has 1 aromatic carbocycles. The predicted octanol–water partition coefficient (Wildman–Crippen LogP) is 4.02. The van der Waals surface area contributed by atoms with Gasteiger partial charge >= 0.3 is 0 Å². The topological polar surface area (TPSA) is 88.9 Å². The first-order chi connectivity index (χ1) is 13.2. The zero-order valence-corrected chi connectivity index (χ0v) is 15.3. The molecule has 0 radical (unpaired) electrons. The van der Waals surface area contributed by atoms with Crippen molar-refractivity contribution in [2.24, 2.45) is 4.99 Å². The Morgan fingerprint density at radius 3 is 2.85 bits per heavy atom. The summed E-state index contributed by atoms with van der Waals surface area (Å²) in [6.45, 7) is 0. The summed E-state index contributed by atoms with van der Waals surface area (Å²) >= 11 is 0. The van der Waals surface area contributed by atoms with E-state index < -0.39 is 0 Å². The molecule has 2 aliphatic rings. The number of anilines is 2. The third kappa shape index (κ3) is 2.00. The second-order valence-electron chi connectivity index (χ2n) is 7.23. The zero-order chi connectivity index (χ0) is 18.6. The van der Waals surface area contributed by atoms with Crippen LogP contribution in [0.3, 0.4) is 0 Å². The second kappa shape index (κ2) is 5.58. The lowest BCUT2D eigenvalue weighted by atomic mass is 9.64. The summed E-state index contributed by atoms with van der Waals surface area (Å²) in [5.41, 5.74) is 6.74. The van der Waals surface area contributed by atoms with E-state index in [1.54, 1.807) is 12.4 Å². The molecule has 0 saturated heterocycles. The van der Waals surface area contributed by atoms with Crippen LogP contribution < -0.4 is 10.6 Å². The normalized spacial score (nSPS) is 18.2. The number of H-pyrrole nitrogens is 1. The Morgan fingerprint density at radius 2 is 2.19 bits per heavy atom. The van der Waals surface area contributed by atoms with E-state index in [1.807, 2.05) is 20.2 Å². The molecule has 3 heterocycles. The minimum Gasteiger partial charge on any atom is -0.388 e. The summed E-state index contributed by atoms with van der Waals surface area (Å²) in [6.07, 6.45) is 6.96. The Balaban J connectivity index is 1.76.